The van der Waals surface area contributed by atoms with Gasteiger partial charge in [0.25, 0.3) is 0 Å². The first-order valence-electron chi connectivity index (χ1n) is 4.47. The van der Waals surface area contributed by atoms with E-state index in [-0.39, 0.29) is 18.5 Å². The summed E-state index contributed by atoms with van der Waals surface area (Å²) in [6.45, 7) is 1.04. The summed E-state index contributed by atoms with van der Waals surface area (Å²) < 4.78 is 16.1. The van der Waals surface area contributed by atoms with E-state index in [1.54, 1.807) is 19.2 Å². The second-order valence-electron chi connectivity index (χ2n) is 3.21. The molecule has 1 aliphatic rings. The molecule has 2 rings (SSSR count). The molecule has 0 amide bonds. The summed E-state index contributed by atoms with van der Waals surface area (Å²) in [5, 5.41) is 0. The molecular formula is C10H14ClNO3. The van der Waals surface area contributed by atoms with Crippen LogP contribution in [0.25, 0.3) is 0 Å². The van der Waals surface area contributed by atoms with Gasteiger partial charge in [0.05, 0.1) is 6.61 Å². The summed E-state index contributed by atoms with van der Waals surface area (Å²) in [5.41, 5.74) is 6.31. The maximum Gasteiger partial charge on any atom is 0.163 e. The van der Waals surface area contributed by atoms with Crippen molar-refractivity contribution in [2.45, 2.75) is 6.10 Å². The van der Waals surface area contributed by atoms with E-state index in [1.165, 1.54) is 0 Å². The fourth-order valence-corrected chi connectivity index (χ4v) is 1.40. The number of nitrogen functional groups attached to an aromatic ring is 1. The summed E-state index contributed by atoms with van der Waals surface area (Å²) in [7, 11) is 1.64. The van der Waals surface area contributed by atoms with Crippen molar-refractivity contribution in [3.05, 3.63) is 18.2 Å². The van der Waals surface area contributed by atoms with Crippen molar-refractivity contribution in [3.8, 4) is 11.5 Å². The summed E-state index contributed by atoms with van der Waals surface area (Å²) >= 11 is 0. The van der Waals surface area contributed by atoms with Gasteiger partial charge in [0, 0.05) is 18.9 Å². The van der Waals surface area contributed by atoms with Crippen LogP contribution in [0, 0.1) is 0 Å². The van der Waals surface area contributed by atoms with Crippen LogP contribution >= 0.6 is 12.4 Å². The number of hydrogen-bond acceptors (Lipinski definition) is 4. The molecule has 1 aliphatic heterocycles. The molecule has 0 fully saturated rings. The highest BCUT2D eigenvalue weighted by Gasteiger charge is 2.20. The largest absolute Gasteiger partial charge is 0.486 e. The third kappa shape index (κ3) is 2.67. The zero-order chi connectivity index (χ0) is 9.97. The van der Waals surface area contributed by atoms with Crippen molar-refractivity contribution in [2.24, 2.45) is 0 Å². The number of benzene rings is 1. The molecule has 4 nitrogen and oxygen atoms in total. The molecule has 0 aromatic heterocycles. The minimum atomic E-state index is -0.0469. The van der Waals surface area contributed by atoms with E-state index < -0.39 is 0 Å². The second kappa shape index (κ2) is 5.09. The number of nitrogens with two attached hydrogens (primary N) is 1. The predicted octanol–water partition coefficient (Wildman–Crippen LogP) is 1.48. The fraction of sp³-hybridized carbons (Fsp3) is 0.400. The van der Waals surface area contributed by atoms with Crippen molar-refractivity contribution < 1.29 is 14.2 Å². The standard InChI is InChI=1S/C10H13NO3.ClH/c1-12-5-8-6-13-9-3-2-7(11)4-10(9)14-8;/h2-4,8H,5-6,11H2,1H3;1H. The van der Waals surface area contributed by atoms with Crippen molar-refractivity contribution in [1.82, 2.24) is 0 Å². The Labute approximate surface area is 94.7 Å². The molecule has 1 aromatic carbocycles. The summed E-state index contributed by atoms with van der Waals surface area (Å²) in [4.78, 5) is 0. The maximum absolute atomic E-state index is 5.63. The molecule has 0 radical (unpaired) electrons. The van der Waals surface area contributed by atoms with E-state index in [0.29, 0.717) is 24.7 Å². The highest BCUT2D eigenvalue weighted by Crippen LogP contribution is 2.33. The molecule has 0 saturated heterocycles. The SMILES string of the molecule is COCC1COc2ccc(N)cc2O1.Cl. The van der Waals surface area contributed by atoms with E-state index in [9.17, 15) is 0 Å². The van der Waals surface area contributed by atoms with Crippen LogP contribution in [-0.2, 0) is 4.74 Å². The van der Waals surface area contributed by atoms with Gasteiger partial charge in [0.1, 0.15) is 6.61 Å². The topological polar surface area (TPSA) is 53.7 Å². The van der Waals surface area contributed by atoms with Crippen molar-refractivity contribution in [1.29, 1.82) is 0 Å². The van der Waals surface area contributed by atoms with Crippen LogP contribution in [0.1, 0.15) is 0 Å². The van der Waals surface area contributed by atoms with E-state index >= 15 is 0 Å². The van der Waals surface area contributed by atoms with Crippen molar-refractivity contribution >= 4 is 18.1 Å². The van der Waals surface area contributed by atoms with Crippen LogP contribution in [0.15, 0.2) is 18.2 Å². The molecule has 84 valence electrons. The Morgan fingerprint density at radius 3 is 3.00 bits per heavy atom. The molecule has 15 heavy (non-hydrogen) atoms. The summed E-state index contributed by atoms with van der Waals surface area (Å²) in [6.07, 6.45) is -0.0469. The number of rotatable bonds is 2. The molecule has 1 unspecified atom stereocenters. The Bertz CT molecular complexity index is 332. The van der Waals surface area contributed by atoms with E-state index in [1.807, 2.05) is 6.07 Å². The second-order valence-corrected chi connectivity index (χ2v) is 3.21. The van der Waals surface area contributed by atoms with Crippen LogP contribution in [0.3, 0.4) is 0 Å². The number of fused-ring (bicyclic) bond motifs is 1. The summed E-state index contributed by atoms with van der Waals surface area (Å²) in [6, 6.07) is 5.36. The van der Waals surface area contributed by atoms with Gasteiger partial charge < -0.3 is 19.9 Å². The highest BCUT2D eigenvalue weighted by molar-refractivity contribution is 5.85. The number of ether oxygens (including phenoxy) is 3. The first-order valence-corrected chi connectivity index (χ1v) is 4.47. The molecule has 1 atom stereocenters. The average molecular weight is 232 g/mol. The molecule has 5 heteroatoms. The molecule has 0 spiro atoms. The highest BCUT2D eigenvalue weighted by atomic mass is 35.5. The molecule has 0 aliphatic carbocycles. The molecule has 2 N–H and O–H groups in total. The fourth-order valence-electron chi connectivity index (χ4n) is 1.40. The van der Waals surface area contributed by atoms with Crippen LogP contribution in [0.5, 0.6) is 11.5 Å². The van der Waals surface area contributed by atoms with Gasteiger partial charge in [0.15, 0.2) is 17.6 Å². The molecule has 1 heterocycles. The molecule has 0 saturated carbocycles. The van der Waals surface area contributed by atoms with Gasteiger partial charge in [0.2, 0.25) is 0 Å². The predicted molar refractivity (Wildman–Crippen MR) is 59.9 cm³/mol. The van der Waals surface area contributed by atoms with Crippen LogP contribution in [0.2, 0.25) is 0 Å². The monoisotopic (exact) mass is 231 g/mol. The minimum absolute atomic E-state index is 0. The zero-order valence-corrected chi connectivity index (χ0v) is 9.25. The molecule has 0 bridgehead atoms. The van der Waals surface area contributed by atoms with E-state index in [0.717, 1.165) is 5.75 Å². The lowest BCUT2D eigenvalue weighted by molar-refractivity contribution is 0.0273. The molecular weight excluding hydrogens is 218 g/mol. The van der Waals surface area contributed by atoms with Gasteiger partial charge in [-0.05, 0) is 12.1 Å². The number of anilines is 1. The van der Waals surface area contributed by atoms with E-state index in [2.05, 4.69) is 0 Å². The van der Waals surface area contributed by atoms with Crippen molar-refractivity contribution in [2.75, 3.05) is 26.1 Å². The zero-order valence-electron chi connectivity index (χ0n) is 8.43. The Morgan fingerprint density at radius 1 is 1.47 bits per heavy atom. The van der Waals surface area contributed by atoms with Gasteiger partial charge in [-0.3, -0.25) is 0 Å². The smallest absolute Gasteiger partial charge is 0.163 e. The quantitative estimate of drug-likeness (QED) is 0.784. The van der Waals surface area contributed by atoms with Gasteiger partial charge in [-0.1, -0.05) is 0 Å². The van der Waals surface area contributed by atoms with Crippen molar-refractivity contribution in [3.63, 3.8) is 0 Å². The lowest BCUT2D eigenvalue weighted by atomic mass is 10.2. The maximum atomic E-state index is 5.63. The van der Waals surface area contributed by atoms with Gasteiger partial charge in [-0.15, -0.1) is 12.4 Å². The average Bonchev–Trinajstić information content (AvgIpc) is 2.17. The van der Waals surface area contributed by atoms with Crippen LogP contribution in [0.4, 0.5) is 5.69 Å². The molecule has 1 aromatic rings. The van der Waals surface area contributed by atoms with Gasteiger partial charge in [-0.2, -0.15) is 0 Å². The normalized spacial score (nSPS) is 18.1. The number of halogens is 1. The number of methoxy groups -OCH3 is 1. The van der Waals surface area contributed by atoms with Crippen LogP contribution in [-0.4, -0.2) is 26.4 Å². The Hall–Kier alpha value is -1.13. The Kier molecular flexibility index (Phi) is 4.05. The first kappa shape index (κ1) is 11.9. The van der Waals surface area contributed by atoms with Gasteiger partial charge >= 0.3 is 0 Å². The first-order chi connectivity index (χ1) is 6.79. The summed E-state index contributed by atoms with van der Waals surface area (Å²) in [5.74, 6) is 1.44. The van der Waals surface area contributed by atoms with E-state index in [4.69, 9.17) is 19.9 Å². The van der Waals surface area contributed by atoms with Gasteiger partial charge in [-0.25, -0.2) is 0 Å². The third-order valence-corrected chi connectivity index (χ3v) is 2.04. The Morgan fingerprint density at radius 2 is 2.27 bits per heavy atom. The third-order valence-electron chi connectivity index (χ3n) is 2.04. The minimum Gasteiger partial charge on any atom is -0.486 e. The lowest BCUT2D eigenvalue weighted by Crippen LogP contribution is -2.32. The Balaban J connectivity index is 0.00000112. The number of hydrogen-bond donors (Lipinski definition) is 1. The lowest BCUT2D eigenvalue weighted by Gasteiger charge is -2.26. The van der Waals surface area contributed by atoms with Crippen LogP contribution < -0.4 is 15.2 Å².